The van der Waals surface area contributed by atoms with E-state index in [4.69, 9.17) is 10.9 Å². The van der Waals surface area contributed by atoms with Gasteiger partial charge in [-0.15, -0.1) is 0 Å². The van der Waals surface area contributed by atoms with Crippen molar-refractivity contribution >= 4 is 16.0 Å². The van der Waals surface area contributed by atoms with Crippen LogP contribution in [0.25, 0.3) is 0 Å². The van der Waals surface area contributed by atoms with Gasteiger partial charge in [0.2, 0.25) is 0 Å². The summed E-state index contributed by atoms with van der Waals surface area (Å²) in [7, 11) is -3.82. The van der Waals surface area contributed by atoms with Crippen LogP contribution in [0.3, 0.4) is 0 Å². The second kappa shape index (κ2) is 3.97. The second-order valence-corrected chi connectivity index (χ2v) is 4.54. The van der Waals surface area contributed by atoms with Gasteiger partial charge in [0.1, 0.15) is 0 Å². The molecule has 7 heteroatoms. The van der Waals surface area contributed by atoms with Crippen LogP contribution in [0.4, 0.5) is 0 Å². The summed E-state index contributed by atoms with van der Waals surface area (Å²) in [5, 5.41) is 8.78. The fourth-order valence-electron chi connectivity index (χ4n) is 1.20. The first-order valence-corrected chi connectivity index (χ1v) is 5.44. The number of hydrogen-bond donors (Lipinski definition) is 3. The third-order valence-corrected chi connectivity index (χ3v) is 3.29. The number of rotatable bonds is 3. The molecule has 0 spiro atoms. The average molecular weight is 230 g/mol. The number of carboxylic acid groups (broad SMARTS) is 1. The molecule has 0 aromatic heterocycles. The Labute approximate surface area is 86.7 Å². The molecule has 0 atom stereocenters. The predicted octanol–water partition coefficient (Wildman–Crippen LogP) is -0.155. The highest BCUT2D eigenvalue weighted by atomic mass is 32.2. The van der Waals surface area contributed by atoms with Gasteiger partial charge in [-0.25, -0.2) is 13.2 Å². The summed E-state index contributed by atoms with van der Waals surface area (Å²) in [6.07, 6.45) is 0. The second-order valence-electron chi connectivity index (χ2n) is 2.86. The van der Waals surface area contributed by atoms with Crippen molar-refractivity contribution in [2.45, 2.75) is 11.8 Å². The maximum Gasteiger partial charge on any atom is 0.335 e. The highest BCUT2D eigenvalue weighted by Crippen LogP contribution is 2.18. The monoisotopic (exact) mass is 230 g/mol. The minimum Gasteiger partial charge on any atom is -0.478 e. The van der Waals surface area contributed by atoms with Gasteiger partial charge in [-0.3, -0.25) is 5.84 Å². The zero-order chi connectivity index (χ0) is 11.6. The molecule has 0 heterocycles. The van der Waals surface area contributed by atoms with Gasteiger partial charge in [0.25, 0.3) is 10.0 Å². The zero-order valence-electron chi connectivity index (χ0n) is 7.89. The topological polar surface area (TPSA) is 109 Å². The minimum absolute atomic E-state index is 0.0636. The summed E-state index contributed by atoms with van der Waals surface area (Å²) in [6, 6.07) is 3.96. The van der Waals surface area contributed by atoms with E-state index in [1.54, 1.807) is 4.83 Å². The molecule has 0 aliphatic rings. The summed E-state index contributed by atoms with van der Waals surface area (Å²) in [4.78, 5) is 12.3. The fourth-order valence-corrected chi connectivity index (χ4v) is 2.10. The Bertz CT molecular complexity index is 495. The summed E-state index contributed by atoms with van der Waals surface area (Å²) in [5.41, 5.74) is 0.0919. The van der Waals surface area contributed by atoms with Gasteiger partial charge in [0, 0.05) is 0 Å². The lowest BCUT2D eigenvalue weighted by atomic mass is 10.1. The van der Waals surface area contributed by atoms with E-state index in [0.29, 0.717) is 0 Å². The third kappa shape index (κ3) is 2.14. The standard InChI is InChI=1S/C8H10N2O4S/c1-5-6(8(11)12)3-2-4-7(5)15(13,14)10-9/h2-4,10H,9H2,1H3,(H,11,12). The first-order chi connectivity index (χ1) is 6.90. The Morgan fingerprint density at radius 3 is 2.53 bits per heavy atom. The van der Waals surface area contributed by atoms with Crippen LogP contribution in [-0.2, 0) is 10.0 Å². The van der Waals surface area contributed by atoms with Crippen molar-refractivity contribution in [3.05, 3.63) is 29.3 Å². The lowest BCUT2D eigenvalue weighted by molar-refractivity contribution is 0.0696. The molecule has 1 aromatic carbocycles. The van der Waals surface area contributed by atoms with Crippen LogP contribution >= 0.6 is 0 Å². The van der Waals surface area contributed by atoms with Crippen molar-refractivity contribution in [2.24, 2.45) is 5.84 Å². The molecule has 0 aliphatic heterocycles. The number of aromatic carboxylic acids is 1. The molecule has 0 saturated carbocycles. The fraction of sp³-hybridized carbons (Fsp3) is 0.125. The normalized spacial score (nSPS) is 11.3. The minimum atomic E-state index is -3.82. The maximum atomic E-state index is 11.4. The highest BCUT2D eigenvalue weighted by Gasteiger charge is 2.18. The maximum absolute atomic E-state index is 11.4. The van der Waals surface area contributed by atoms with Crippen LogP contribution in [0, 0.1) is 6.92 Å². The van der Waals surface area contributed by atoms with Crippen molar-refractivity contribution in [2.75, 3.05) is 0 Å². The smallest absolute Gasteiger partial charge is 0.335 e. The Morgan fingerprint density at radius 1 is 1.47 bits per heavy atom. The molecule has 0 saturated heterocycles. The molecule has 1 aromatic rings. The van der Waals surface area contributed by atoms with Crippen LogP contribution in [-0.4, -0.2) is 19.5 Å². The van der Waals surface area contributed by atoms with Crippen molar-refractivity contribution in [3.63, 3.8) is 0 Å². The van der Waals surface area contributed by atoms with Crippen molar-refractivity contribution in [3.8, 4) is 0 Å². The van der Waals surface area contributed by atoms with E-state index in [2.05, 4.69) is 0 Å². The van der Waals surface area contributed by atoms with Crippen molar-refractivity contribution in [1.82, 2.24) is 4.83 Å². The van der Waals surface area contributed by atoms with E-state index in [0.717, 1.165) is 0 Å². The van der Waals surface area contributed by atoms with Gasteiger partial charge in [-0.05, 0) is 24.6 Å². The summed E-state index contributed by atoms with van der Waals surface area (Å²) in [5.74, 6) is 3.67. The Morgan fingerprint density at radius 2 is 2.07 bits per heavy atom. The molecule has 6 nitrogen and oxygen atoms in total. The van der Waals surface area contributed by atoms with E-state index in [-0.39, 0.29) is 16.0 Å². The largest absolute Gasteiger partial charge is 0.478 e. The van der Waals surface area contributed by atoms with Gasteiger partial charge >= 0.3 is 5.97 Å². The first kappa shape index (κ1) is 11.6. The van der Waals surface area contributed by atoms with E-state index in [9.17, 15) is 13.2 Å². The number of hydrogen-bond acceptors (Lipinski definition) is 4. The first-order valence-electron chi connectivity index (χ1n) is 3.95. The van der Waals surface area contributed by atoms with Crippen LogP contribution in [0.5, 0.6) is 0 Å². The Kier molecular flexibility index (Phi) is 3.08. The Hall–Kier alpha value is -1.44. The molecule has 0 aliphatic carbocycles. The number of nitrogens with one attached hydrogen (secondary N) is 1. The predicted molar refractivity (Wildman–Crippen MR) is 52.6 cm³/mol. The van der Waals surface area contributed by atoms with Crippen LogP contribution < -0.4 is 10.7 Å². The number of nitrogens with two attached hydrogens (primary N) is 1. The summed E-state index contributed by atoms with van der Waals surface area (Å²) in [6.45, 7) is 1.41. The molecule has 0 fully saturated rings. The van der Waals surface area contributed by atoms with Gasteiger partial charge < -0.3 is 5.11 Å². The van der Waals surface area contributed by atoms with E-state index in [1.165, 1.54) is 25.1 Å². The van der Waals surface area contributed by atoms with Crippen molar-refractivity contribution in [1.29, 1.82) is 0 Å². The van der Waals surface area contributed by atoms with Gasteiger partial charge in [-0.1, -0.05) is 6.07 Å². The molecule has 1 rings (SSSR count). The van der Waals surface area contributed by atoms with Crippen LogP contribution in [0.15, 0.2) is 23.1 Å². The van der Waals surface area contributed by atoms with E-state index >= 15 is 0 Å². The molecule has 0 amide bonds. The van der Waals surface area contributed by atoms with E-state index < -0.39 is 16.0 Å². The highest BCUT2D eigenvalue weighted by molar-refractivity contribution is 7.89. The van der Waals surface area contributed by atoms with Gasteiger partial charge in [0.05, 0.1) is 10.5 Å². The zero-order valence-corrected chi connectivity index (χ0v) is 8.71. The summed E-state index contributed by atoms with van der Waals surface area (Å²) < 4.78 is 22.7. The molecule has 15 heavy (non-hydrogen) atoms. The molecular formula is C8H10N2O4S. The quantitative estimate of drug-likeness (QED) is 0.494. The Balaban J connectivity index is 3.47. The molecule has 0 radical (unpaired) electrons. The molecule has 0 unspecified atom stereocenters. The molecule has 0 bridgehead atoms. The van der Waals surface area contributed by atoms with Gasteiger partial charge in [-0.2, -0.15) is 4.83 Å². The van der Waals surface area contributed by atoms with Crippen molar-refractivity contribution < 1.29 is 18.3 Å². The molecule has 82 valence electrons. The van der Waals surface area contributed by atoms with Crippen LogP contribution in [0.2, 0.25) is 0 Å². The molecule has 4 N–H and O–H groups in total. The number of carboxylic acids is 1. The SMILES string of the molecule is Cc1c(C(=O)O)cccc1S(=O)(=O)NN. The number of sulfonamides is 1. The lowest BCUT2D eigenvalue weighted by Gasteiger charge is -2.07. The summed E-state index contributed by atoms with van der Waals surface area (Å²) >= 11 is 0. The number of carbonyl (C=O) groups is 1. The van der Waals surface area contributed by atoms with Gasteiger partial charge in [0.15, 0.2) is 0 Å². The average Bonchev–Trinajstić information content (AvgIpc) is 2.17. The number of hydrazine groups is 1. The third-order valence-electron chi connectivity index (χ3n) is 1.96. The lowest BCUT2D eigenvalue weighted by Crippen LogP contribution is -2.31. The number of benzene rings is 1. The molecular weight excluding hydrogens is 220 g/mol. The van der Waals surface area contributed by atoms with E-state index in [1.807, 2.05) is 0 Å². The van der Waals surface area contributed by atoms with Crippen LogP contribution in [0.1, 0.15) is 15.9 Å².